The van der Waals surface area contributed by atoms with E-state index in [1.807, 2.05) is 13.8 Å². The summed E-state index contributed by atoms with van der Waals surface area (Å²) < 4.78 is -0.365. The molecule has 13 heavy (non-hydrogen) atoms. The molecule has 1 N–H and O–H groups in total. The van der Waals surface area contributed by atoms with Gasteiger partial charge in [0.2, 0.25) is 3.79 Å². The Morgan fingerprint density at radius 2 is 2.00 bits per heavy atom. The second-order valence-corrected chi connectivity index (χ2v) is 5.02. The first kappa shape index (κ1) is 10.7. The lowest BCUT2D eigenvalue weighted by molar-refractivity contribution is -0.120. The molecule has 0 atom stereocenters. The first-order valence-electron chi connectivity index (χ1n) is 3.99. The number of aliphatic hydroxyl groups is 1. The summed E-state index contributed by atoms with van der Waals surface area (Å²) in [5.41, 5.74) is -0.239. The van der Waals surface area contributed by atoms with Crippen molar-refractivity contribution in [3.8, 4) is 0 Å². The quantitative estimate of drug-likeness (QED) is 0.458. The lowest BCUT2D eigenvalue weighted by Gasteiger charge is -2.28. The highest BCUT2D eigenvalue weighted by Crippen LogP contribution is 2.36. The number of Topliss-reactive ketones (excluding diaryl/α,β-unsaturated/α-hetero) is 1. The van der Waals surface area contributed by atoms with Crippen LogP contribution < -0.4 is 0 Å². The number of carbonyl (C=O) groups excluding carboxylic acids is 2. The van der Waals surface area contributed by atoms with Crippen LogP contribution in [0.3, 0.4) is 0 Å². The average molecular weight is 294 g/mol. The third kappa shape index (κ3) is 2.30. The van der Waals surface area contributed by atoms with Crippen molar-refractivity contribution in [2.75, 3.05) is 0 Å². The van der Waals surface area contributed by atoms with Gasteiger partial charge in [0.25, 0.3) is 0 Å². The van der Waals surface area contributed by atoms with Gasteiger partial charge in [0.15, 0.2) is 5.78 Å². The summed E-state index contributed by atoms with van der Waals surface area (Å²) in [7, 11) is 0. The van der Waals surface area contributed by atoms with E-state index in [-0.39, 0.29) is 26.3 Å². The van der Waals surface area contributed by atoms with Gasteiger partial charge in [-0.1, -0.05) is 13.8 Å². The number of hydrogen-bond acceptors (Lipinski definition) is 3. The number of allylic oxidation sites excluding steroid dienone is 2. The molecular weight excluding hydrogens is 283 g/mol. The van der Waals surface area contributed by atoms with E-state index in [4.69, 9.17) is 0 Å². The molecule has 0 aromatic carbocycles. The zero-order chi connectivity index (χ0) is 10.2. The minimum atomic E-state index is -0.365. The largest absolute Gasteiger partial charge is 0.511 e. The molecule has 3 nitrogen and oxygen atoms in total. The number of hydrogen-bond donors (Lipinski definition) is 1. The maximum absolute atomic E-state index is 11.4. The third-order valence-corrected chi connectivity index (χ3v) is 2.59. The summed E-state index contributed by atoms with van der Waals surface area (Å²) in [5.74, 6) is -0.297. The van der Waals surface area contributed by atoms with Crippen LogP contribution >= 0.6 is 22.6 Å². The van der Waals surface area contributed by atoms with Crippen LogP contribution in [0.1, 0.15) is 26.7 Å². The molecule has 72 valence electrons. The molecule has 4 heteroatoms. The van der Waals surface area contributed by atoms with Crippen molar-refractivity contribution in [1.82, 2.24) is 0 Å². The molecule has 0 aromatic rings. The van der Waals surface area contributed by atoms with Gasteiger partial charge in [-0.2, -0.15) is 0 Å². The maximum atomic E-state index is 11.4. The molecule has 1 aliphatic rings. The first-order valence-corrected chi connectivity index (χ1v) is 5.06. The van der Waals surface area contributed by atoms with Gasteiger partial charge in [-0.05, 0) is 5.41 Å². The Balaban J connectivity index is 3.09. The maximum Gasteiger partial charge on any atom is 0.229 e. The molecule has 1 aliphatic carbocycles. The lowest BCUT2D eigenvalue weighted by atomic mass is 9.77. The van der Waals surface area contributed by atoms with Crippen LogP contribution in [-0.2, 0) is 9.59 Å². The highest BCUT2D eigenvalue weighted by molar-refractivity contribution is 14.1. The molecule has 0 heterocycles. The molecule has 0 amide bonds. The van der Waals surface area contributed by atoms with Gasteiger partial charge < -0.3 is 5.11 Å². The van der Waals surface area contributed by atoms with Crippen molar-refractivity contribution in [1.29, 1.82) is 0 Å². The van der Waals surface area contributed by atoms with Crippen molar-refractivity contribution in [2.24, 2.45) is 5.41 Å². The van der Waals surface area contributed by atoms with Crippen molar-refractivity contribution >= 4 is 32.2 Å². The van der Waals surface area contributed by atoms with Gasteiger partial charge in [0.1, 0.15) is 11.3 Å². The molecule has 0 aromatic heterocycles. The van der Waals surface area contributed by atoms with Gasteiger partial charge in [-0.3, -0.25) is 9.59 Å². The van der Waals surface area contributed by atoms with E-state index in [0.717, 1.165) is 0 Å². The Hall–Kier alpha value is -0.390. The fourth-order valence-electron chi connectivity index (χ4n) is 1.51. The van der Waals surface area contributed by atoms with E-state index in [0.29, 0.717) is 12.8 Å². The Labute approximate surface area is 90.3 Å². The summed E-state index contributed by atoms with van der Waals surface area (Å²) in [6, 6.07) is 0. The minimum Gasteiger partial charge on any atom is -0.511 e. The Morgan fingerprint density at radius 1 is 1.46 bits per heavy atom. The van der Waals surface area contributed by atoms with Crippen molar-refractivity contribution in [3.63, 3.8) is 0 Å². The summed E-state index contributed by atoms with van der Waals surface area (Å²) >= 11 is 1.53. The molecule has 0 bridgehead atoms. The smallest absolute Gasteiger partial charge is 0.229 e. The Morgan fingerprint density at radius 3 is 2.38 bits per heavy atom. The van der Waals surface area contributed by atoms with E-state index < -0.39 is 0 Å². The minimum absolute atomic E-state index is 0.0140. The van der Waals surface area contributed by atoms with Crippen LogP contribution in [0.25, 0.3) is 0 Å². The summed E-state index contributed by atoms with van der Waals surface area (Å²) in [6.45, 7) is 3.80. The SMILES string of the molecule is CC1(C)CC(=O)C(C(=O)I)=C(O)C1. The van der Waals surface area contributed by atoms with Crippen molar-refractivity contribution < 1.29 is 14.7 Å². The molecule has 0 radical (unpaired) electrons. The average Bonchev–Trinajstić information content (AvgIpc) is 1.78. The zero-order valence-corrected chi connectivity index (χ0v) is 9.71. The monoisotopic (exact) mass is 294 g/mol. The number of ketones is 1. The molecule has 0 saturated heterocycles. The van der Waals surface area contributed by atoms with E-state index in [1.54, 1.807) is 0 Å². The van der Waals surface area contributed by atoms with Crippen LogP contribution in [0.15, 0.2) is 11.3 Å². The van der Waals surface area contributed by atoms with Gasteiger partial charge in [-0.15, -0.1) is 0 Å². The lowest BCUT2D eigenvalue weighted by Crippen LogP contribution is -2.27. The standard InChI is InChI=1S/C9H11IO3/c1-9(2)3-5(11)7(8(10)13)6(12)4-9/h11H,3-4H2,1-2H3. The predicted octanol–water partition coefficient (Wildman–Crippen LogP) is 2.15. The van der Waals surface area contributed by atoms with Gasteiger partial charge in [0.05, 0.1) is 0 Å². The fraction of sp³-hybridized carbons (Fsp3) is 0.556. The highest BCUT2D eigenvalue weighted by Gasteiger charge is 2.35. The summed E-state index contributed by atoms with van der Waals surface area (Å²) in [5, 5.41) is 9.48. The molecule has 0 unspecified atom stereocenters. The van der Waals surface area contributed by atoms with Gasteiger partial charge >= 0.3 is 0 Å². The van der Waals surface area contributed by atoms with Crippen molar-refractivity contribution in [2.45, 2.75) is 26.7 Å². The van der Waals surface area contributed by atoms with Crippen molar-refractivity contribution in [3.05, 3.63) is 11.3 Å². The number of rotatable bonds is 1. The number of aliphatic hydroxyl groups excluding tert-OH is 1. The third-order valence-electron chi connectivity index (χ3n) is 2.05. The summed E-state index contributed by atoms with van der Waals surface area (Å²) in [4.78, 5) is 22.4. The molecule has 0 spiro atoms. The molecule has 0 saturated carbocycles. The second-order valence-electron chi connectivity index (χ2n) is 4.04. The van der Waals surface area contributed by atoms with Crippen LogP contribution in [0, 0.1) is 5.41 Å². The number of carbonyl (C=O) groups is 2. The summed E-state index contributed by atoms with van der Waals surface area (Å²) in [6.07, 6.45) is 0.740. The fourth-order valence-corrected chi connectivity index (χ4v) is 2.12. The first-order chi connectivity index (χ1) is 5.83. The van der Waals surface area contributed by atoms with Crippen LogP contribution in [0.2, 0.25) is 0 Å². The van der Waals surface area contributed by atoms with E-state index >= 15 is 0 Å². The normalized spacial score (nSPS) is 21.9. The predicted molar refractivity (Wildman–Crippen MR) is 56.7 cm³/mol. The Kier molecular flexibility index (Phi) is 2.79. The van der Waals surface area contributed by atoms with Crippen LogP contribution in [-0.4, -0.2) is 14.7 Å². The molecule has 0 aliphatic heterocycles. The molecule has 1 rings (SSSR count). The second kappa shape index (κ2) is 3.40. The zero-order valence-electron chi connectivity index (χ0n) is 7.56. The molecular formula is C9H11IO3. The van der Waals surface area contributed by atoms with E-state index in [2.05, 4.69) is 0 Å². The van der Waals surface area contributed by atoms with Gasteiger partial charge in [0, 0.05) is 35.4 Å². The Bertz CT molecular complexity index is 302. The van der Waals surface area contributed by atoms with E-state index in [9.17, 15) is 14.7 Å². The van der Waals surface area contributed by atoms with Crippen LogP contribution in [0.4, 0.5) is 0 Å². The number of halogens is 1. The van der Waals surface area contributed by atoms with Gasteiger partial charge in [-0.25, -0.2) is 0 Å². The topological polar surface area (TPSA) is 54.4 Å². The molecule has 0 fully saturated rings. The van der Waals surface area contributed by atoms with Crippen LogP contribution in [0.5, 0.6) is 0 Å². The van der Waals surface area contributed by atoms with E-state index in [1.165, 1.54) is 22.6 Å². The highest BCUT2D eigenvalue weighted by atomic mass is 127.